The molecule has 0 spiro atoms. The highest BCUT2D eigenvalue weighted by Crippen LogP contribution is 2.29. The monoisotopic (exact) mass is 352 g/mol. The van der Waals surface area contributed by atoms with Gasteiger partial charge in [0.1, 0.15) is 0 Å². The summed E-state index contributed by atoms with van der Waals surface area (Å²) in [4.78, 5) is 15.1. The fourth-order valence-electron chi connectivity index (χ4n) is 3.70. The fourth-order valence-corrected chi connectivity index (χ4v) is 3.70. The highest BCUT2D eigenvalue weighted by Gasteiger charge is 2.32. The summed E-state index contributed by atoms with van der Waals surface area (Å²) >= 11 is 0. The van der Waals surface area contributed by atoms with Crippen LogP contribution in [0, 0.1) is 0 Å². The van der Waals surface area contributed by atoms with Gasteiger partial charge in [0.2, 0.25) is 0 Å². The van der Waals surface area contributed by atoms with E-state index in [1.165, 1.54) is 12.8 Å². The summed E-state index contributed by atoms with van der Waals surface area (Å²) in [6.07, 6.45) is 6.56. The molecule has 2 fully saturated rings. The molecule has 4 nitrogen and oxygen atoms in total. The van der Waals surface area contributed by atoms with Crippen LogP contribution in [0.4, 0.5) is 0 Å². The zero-order chi connectivity index (χ0) is 16.1. The molecule has 2 aliphatic rings. The number of rotatable bonds is 5. The third kappa shape index (κ3) is 4.71. The Bertz CT molecular complexity index is 505. The van der Waals surface area contributed by atoms with Crippen molar-refractivity contribution < 1.29 is 9.53 Å². The first-order valence-corrected chi connectivity index (χ1v) is 8.94. The van der Waals surface area contributed by atoms with E-state index in [4.69, 9.17) is 4.74 Å². The van der Waals surface area contributed by atoms with Crippen molar-refractivity contribution in [3.8, 4) is 0 Å². The molecule has 1 aromatic carbocycles. The molecule has 2 atom stereocenters. The predicted molar refractivity (Wildman–Crippen MR) is 98.4 cm³/mol. The predicted octanol–water partition coefficient (Wildman–Crippen LogP) is 3.32. The van der Waals surface area contributed by atoms with E-state index in [1.54, 1.807) is 0 Å². The van der Waals surface area contributed by atoms with Gasteiger partial charge in [-0.1, -0.05) is 43.2 Å². The molecule has 1 aliphatic carbocycles. The van der Waals surface area contributed by atoms with Crippen LogP contribution in [0.3, 0.4) is 0 Å². The van der Waals surface area contributed by atoms with Gasteiger partial charge in [0.05, 0.1) is 6.10 Å². The maximum absolute atomic E-state index is 13.1. The molecule has 0 aromatic heterocycles. The maximum Gasteiger partial charge on any atom is 0.256 e. The Labute approximate surface area is 151 Å². The third-order valence-electron chi connectivity index (χ3n) is 5.10. The number of likely N-dealkylation sites (tertiary alicyclic amines) is 1. The number of amides is 1. The van der Waals surface area contributed by atoms with E-state index in [-0.39, 0.29) is 24.4 Å². The quantitative estimate of drug-likeness (QED) is 0.883. The first kappa shape index (κ1) is 19.2. The number of nitrogens with one attached hydrogen (secondary N) is 1. The van der Waals surface area contributed by atoms with Crippen LogP contribution >= 0.6 is 12.4 Å². The summed E-state index contributed by atoms with van der Waals surface area (Å²) in [5.74, 6) is 0.128. The van der Waals surface area contributed by atoms with Gasteiger partial charge in [0.15, 0.2) is 6.10 Å². The molecule has 134 valence electrons. The van der Waals surface area contributed by atoms with Crippen LogP contribution in [0.5, 0.6) is 0 Å². The average molecular weight is 353 g/mol. The molecular formula is C19H29ClN2O2. The molecule has 1 aliphatic heterocycles. The standard InChI is InChI=1S/C19H28N2O2.ClH/c1-20-16-10-7-13-21(14-16)19(22)18(15-8-3-2-4-9-15)23-17-11-5-6-12-17;/h2-4,8-9,16-18,20H,5-7,10-14H2,1H3;1H. The smallest absolute Gasteiger partial charge is 0.256 e. The van der Waals surface area contributed by atoms with Crippen LogP contribution in [0.15, 0.2) is 30.3 Å². The van der Waals surface area contributed by atoms with Crippen molar-refractivity contribution in [1.29, 1.82) is 0 Å². The van der Waals surface area contributed by atoms with Crippen molar-refractivity contribution >= 4 is 18.3 Å². The summed E-state index contributed by atoms with van der Waals surface area (Å²) in [5.41, 5.74) is 0.982. The van der Waals surface area contributed by atoms with Crippen molar-refractivity contribution in [1.82, 2.24) is 10.2 Å². The zero-order valence-electron chi connectivity index (χ0n) is 14.4. The first-order valence-electron chi connectivity index (χ1n) is 8.94. The van der Waals surface area contributed by atoms with Crippen LogP contribution in [-0.4, -0.2) is 43.1 Å². The summed E-state index contributed by atoms with van der Waals surface area (Å²) in [6, 6.07) is 10.4. The van der Waals surface area contributed by atoms with Crippen molar-refractivity contribution in [3.63, 3.8) is 0 Å². The minimum absolute atomic E-state index is 0. The molecular weight excluding hydrogens is 324 g/mol. The van der Waals surface area contributed by atoms with E-state index in [9.17, 15) is 4.79 Å². The number of likely N-dealkylation sites (N-methyl/N-ethyl adjacent to an activating group) is 1. The Morgan fingerprint density at radius 3 is 2.54 bits per heavy atom. The summed E-state index contributed by atoms with van der Waals surface area (Å²) in [7, 11) is 1.97. The molecule has 0 radical (unpaired) electrons. The normalized spacial score (nSPS) is 22.9. The number of halogens is 1. The molecule has 0 bridgehead atoms. The first-order chi connectivity index (χ1) is 11.3. The van der Waals surface area contributed by atoms with E-state index >= 15 is 0 Å². The molecule has 1 amide bonds. The van der Waals surface area contributed by atoms with Gasteiger partial charge in [-0.05, 0) is 38.3 Å². The van der Waals surface area contributed by atoms with Crippen molar-refractivity contribution in [2.45, 2.75) is 56.8 Å². The number of hydrogen-bond acceptors (Lipinski definition) is 3. The summed E-state index contributed by atoms with van der Waals surface area (Å²) in [5, 5.41) is 3.31. The number of carbonyl (C=O) groups is 1. The topological polar surface area (TPSA) is 41.6 Å². The van der Waals surface area contributed by atoms with E-state index < -0.39 is 6.10 Å². The Morgan fingerprint density at radius 1 is 1.17 bits per heavy atom. The van der Waals surface area contributed by atoms with Crippen LogP contribution < -0.4 is 5.32 Å². The molecule has 1 saturated heterocycles. The summed E-state index contributed by atoms with van der Waals surface area (Å²) in [6.45, 7) is 1.63. The second-order valence-corrected chi connectivity index (χ2v) is 6.75. The van der Waals surface area contributed by atoms with Crippen molar-refractivity contribution in [3.05, 3.63) is 35.9 Å². The van der Waals surface area contributed by atoms with Crippen molar-refractivity contribution in [2.75, 3.05) is 20.1 Å². The number of nitrogens with zero attached hydrogens (tertiary/aromatic N) is 1. The van der Waals surface area contributed by atoms with E-state index in [1.807, 2.05) is 42.3 Å². The highest BCUT2D eigenvalue weighted by atomic mass is 35.5. The Morgan fingerprint density at radius 2 is 1.88 bits per heavy atom. The second kappa shape index (κ2) is 9.40. The fraction of sp³-hybridized carbons (Fsp3) is 0.632. The molecule has 24 heavy (non-hydrogen) atoms. The Hall–Kier alpha value is -1.10. The highest BCUT2D eigenvalue weighted by molar-refractivity contribution is 5.85. The number of benzene rings is 1. The number of ether oxygens (including phenoxy) is 1. The second-order valence-electron chi connectivity index (χ2n) is 6.75. The molecule has 2 unspecified atom stereocenters. The zero-order valence-corrected chi connectivity index (χ0v) is 15.3. The Balaban J connectivity index is 0.00000208. The largest absolute Gasteiger partial charge is 0.360 e. The van der Waals surface area contributed by atoms with Gasteiger partial charge >= 0.3 is 0 Å². The van der Waals surface area contributed by atoms with E-state index in [0.29, 0.717) is 6.04 Å². The van der Waals surface area contributed by atoms with Gasteiger partial charge in [0, 0.05) is 19.1 Å². The van der Waals surface area contributed by atoms with Crippen LogP contribution in [0.25, 0.3) is 0 Å². The lowest BCUT2D eigenvalue weighted by Gasteiger charge is -2.35. The average Bonchev–Trinajstić information content (AvgIpc) is 3.13. The van der Waals surface area contributed by atoms with Gasteiger partial charge in [-0.25, -0.2) is 0 Å². The minimum atomic E-state index is -0.449. The molecule has 1 N–H and O–H groups in total. The lowest BCUT2D eigenvalue weighted by atomic mass is 10.0. The van der Waals surface area contributed by atoms with Crippen LogP contribution in [-0.2, 0) is 9.53 Å². The molecule has 3 rings (SSSR count). The summed E-state index contributed by atoms with van der Waals surface area (Å²) < 4.78 is 6.27. The van der Waals surface area contributed by atoms with Crippen LogP contribution in [0.2, 0.25) is 0 Å². The molecule has 1 heterocycles. The van der Waals surface area contributed by atoms with Crippen molar-refractivity contribution in [2.24, 2.45) is 0 Å². The number of carbonyl (C=O) groups excluding carboxylic acids is 1. The van der Waals surface area contributed by atoms with Crippen LogP contribution in [0.1, 0.15) is 50.2 Å². The minimum Gasteiger partial charge on any atom is -0.360 e. The van der Waals surface area contributed by atoms with Gasteiger partial charge in [-0.3, -0.25) is 4.79 Å². The SMILES string of the molecule is CNC1CCCN(C(=O)C(OC2CCCC2)c2ccccc2)C1.Cl. The van der Waals surface area contributed by atoms with Gasteiger partial charge in [-0.15, -0.1) is 12.4 Å². The Kier molecular flexibility index (Phi) is 7.53. The van der Waals surface area contributed by atoms with E-state index in [2.05, 4.69) is 5.32 Å². The molecule has 1 saturated carbocycles. The van der Waals surface area contributed by atoms with E-state index in [0.717, 1.165) is 44.3 Å². The third-order valence-corrected chi connectivity index (χ3v) is 5.10. The lowest BCUT2D eigenvalue weighted by Crippen LogP contribution is -2.49. The molecule has 1 aromatic rings. The maximum atomic E-state index is 13.1. The number of piperidine rings is 1. The van der Waals surface area contributed by atoms with Gasteiger partial charge < -0.3 is 15.0 Å². The van der Waals surface area contributed by atoms with Gasteiger partial charge in [0.25, 0.3) is 5.91 Å². The molecule has 5 heteroatoms. The number of hydrogen-bond donors (Lipinski definition) is 1. The van der Waals surface area contributed by atoms with Gasteiger partial charge in [-0.2, -0.15) is 0 Å². The lowest BCUT2D eigenvalue weighted by molar-refractivity contribution is -0.149.